The Hall–Kier alpha value is -0.570. The van der Waals surface area contributed by atoms with Gasteiger partial charge in [-0.1, -0.05) is 6.42 Å². The molecule has 98 valence electrons. The van der Waals surface area contributed by atoms with E-state index in [4.69, 9.17) is 11.1 Å². The topological polar surface area (TPSA) is 53.1 Å². The highest BCUT2D eigenvalue weighted by Gasteiger charge is 2.39. The van der Waals surface area contributed by atoms with Crippen molar-refractivity contribution in [3.8, 4) is 0 Å². The van der Waals surface area contributed by atoms with Crippen molar-refractivity contribution < 1.29 is 0 Å². The van der Waals surface area contributed by atoms with Crippen molar-refractivity contribution in [2.75, 3.05) is 20.1 Å². The first kappa shape index (κ1) is 12.9. The summed E-state index contributed by atoms with van der Waals surface area (Å²) in [5.74, 6) is 3.42. The molecule has 2 rings (SSSR count). The van der Waals surface area contributed by atoms with Gasteiger partial charge >= 0.3 is 0 Å². The molecule has 2 bridgehead atoms. The van der Waals surface area contributed by atoms with E-state index in [1.54, 1.807) is 0 Å². The van der Waals surface area contributed by atoms with Gasteiger partial charge < -0.3 is 10.6 Å². The Kier molecular flexibility index (Phi) is 4.43. The van der Waals surface area contributed by atoms with E-state index < -0.39 is 0 Å². The van der Waals surface area contributed by atoms with Gasteiger partial charge in [0.15, 0.2) is 0 Å². The Morgan fingerprint density at radius 3 is 2.71 bits per heavy atom. The summed E-state index contributed by atoms with van der Waals surface area (Å²) in [5.41, 5.74) is 5.35. The molecule has 3 N–H and O–H groups in total. The van der Waals surface area contributed by atoms with Crippen LogP contribution >= 0.6 is 0 Å². The monoisotopic (exact) mass is 237 g/mol. The fraction of sp³-hybridized carbons (Fsp3) is 0.929. The van der Waals surface area contributed by atoms with Gasteiger partial charge in [-0.25, -0.2) is 0 Å². The lowest BCUT2D eigenvalue weighted by Crippen LogP contribution is -2.29. The van der Waals surface area contributed by atoms with E-state index in [-0.39, 0.29) is 0 Å². The van der Waals surface area contributed by atoms with E-state index in [9.17, 15) is 0 Å². The number of hydrogen-bond donors (Lipinski definition) is 2. The molecule has 3 heteroatoms. The Balaban J connectivity index is 1.58. The number of hydrogen-bond acceptors (Lipinski definition) is 2. The van der Waals surface area contributed by atoms with Crippen LogP contribution in [0, 0.1) is 23.2 Å². The fourth-order valence-electron chi connectivity index (χ4n) is 3.79. The van der Waals surface area contributed by atoms with Crippen LogP contribution < -0.4 is 5.73 Å². The van der Waals surface area contributed by atoms with Crippen molar-refractivity contribution in [1.82, 2.24) is 4.90 Å². The number of amidine groups is 1. The average Bonchev–Trinajstić information content (AvgIpc) is 2.86. The van der Waals surface area contributed by atoms with Gasteiger partial charge in [-0.05, 0) is 63.5 Å². The third-order valence-electron chi connectivity index (χ3n) is 4.67. The number of unbranched alkanes of at least 4 members (excludes halogenated alkanes) is 1. The van der Waals surface area contributed by atoms with Crippen LogP contribution in [0.1, 0.15) is 44.9 Å². The predicted molar refractivity (Wildman–Crippen MR) is 72.2 cm³/mol. The Labute approximate surface area is 105 Å². The van der Waals surface area contributed by atoms with Crippen LogP contribution in [0.3, 0.4) is 0 Å². The van der Waals surface area contributed by atoms with Gasteiger partial charge in [0.1, 0.15) is 0 Å². The van der Waals surface area contributed by atoms with Crippen molar-refractivity contribution in [1.29, 1.82) is 5.41 Å². The van der Waals surface area contributed by atoms with Gasteiger partial charge in [-0.2, -0.15) is 0 Å². The summed E-state index contributed by atoms with van der Waals surface area (Å²) in [7, 11) is 2.25. The minimum Gasteiger partial charge on any atom is -0.388 e. The molecule has 2 aliphatic rings. The second-order valence-electron chi connectivity index (χ2n) is 6.18. The van der Waals surface area contributed by atoms with Gasteiger partial charge in [0, 0.05) is 13.0 Å². The van der Waals surface area contributed by atoms with Crippen LogP contribution in [0.2, 0.25) is 0 Å². The standard InChI is InChI=1S/C14H27N3/c1-17(7-3-2-4-14(15)16)10-13-9-11-5-6-12(13)8-11/h11-13H,2-10H2,1H3,(H3,15,16). The molecule has 0 spiro atoms. The summed E-state index contributed by atoms with van der Waals surface area (Å²) in [5, 5.41) is 7.18. The summed E-state index contributed by atoms with van der Waals surface area (Å²) < 4.78 is 0. The molecule has 3 atom stereocenters. The van der Waals surface area contributed by atoms with Gasteiger partial charge in [0.2, 0.25) is 0 Å². The molecule has 0 amide bonds. The molecule has 2 aliphatic carbocycles. The van der Waals surface area contributed by atoms with E-state index in [2.05, 4.69) is 11.9 Å². The molecule has 3 nitrogen and oxygen atoms in total. The van der Waals surface area contributed by atoms with Crippen molar-refractivity contribution in [2.45, 2.75) is 44.9 Å². The molecule has 0 aromatic carbocycles. The molecule has 0 saturated heterocycles. The molecule has 3 unspecified atom stereocenters. The first-order valence-corrected chi connectivity index (χ1v) is 7.16. The van der Waals surface area contributed by atoms with Gasteiger partial charge in [-0.3, -0.25) is 5.41 Å². The molecule has 0 aromatic heterocycles. The maximum Gasteiger partial charge on any atom is 0.0905 e. The summed E-state index contributed by atoms with van der Waals surface area (Å²) >= 11 is 0. The first-order chi connectivity index (χ1) is 8.15. The number of fused-ring (bicyclic) bond motifs is 2. The highest BCUT2D eigenvalue weighted by molar-refractivity contribution is 5.76. The van der Waals surface area contributed by atoms with Crippen molar-refractivity contribution in [2.24, 2.45) is 23.5 Å². The van der Waals surface area contributed by atoms with E-state index in [1.807, 2.05) is 0 Å². The number of nitrogens with zero attached hydrogens (tertiary/aromatic N) is 1. The fourth-order valence-corrected chi connectivity index (χ4v) is 3.79. The molecule has 0 aliphatic heterocycles. The van der Waals surface area contributed by atoms with E-state index in [1.165, 1.54) is 45.2 Å². The molecular formula is C14H27N3. The minimum atomic E-state index is 0.334. The maximum absolute atomic E-state index is 7.18. The van der Waals surface area contributed by atoms with E-state index in [0.717, 1.165) is 30.6 Å². The summed E-state index contributed by atoms with van der Waals surface area (Å²) in [6.45, 7) is 2.46. The first-order valence-electron chi connectivity index (χ1n) is 7.16. The zero-order valence-corrected chi connectivity index (χ0v) is 11.1. The molecule has 0 heterocycles. The largest absolute Gasteiger partial charge is 0.388 e. The molecular weight excluding hydrogens is 210 g/mol. The van der Waals surface area contributed by atoms with Gasteiger partial charge in [0.05, 0.1) is 5.84 Å². The summed E-state index contributed by atoms with van der Waals surface area (Å²) in [6, 6.07) is 0. The lowest BCUT2D eigenvalue weighted by atomic mass is 9.88. The second kappa shape index (κ2) is 5.85. The highest BCUT2D eigenvalue weighted by atomic mass is 15.1. The Morgan fingerprint density at radius 1 is 1.29 bits per heavy atom. The van der Waals surface area contributed by atoms with Crippen LogP contribution in [-0.4, -0.2) is 30.9 Å². The third kappa shape index (κ3) is 3.70. The predicted octanol–water partition coefficient (Wildman–Crippen LogP) is 2.46. The van der Waals surface area contributed by atoms with Crippen LogP contribution in [0.5, 0.6) is 0 Å². The smallest absolute Gasteiger partial charge is 0.0905 e. The molecule has 0 aromatic rings. The van der Waals surface area contributed by atoms with E-state index in [0.29, 0.717) is 5.84 Å². The zero-order valence-electron chi connectivity index (χ0n) is 11.1. The highest BCUT2D eigenvalue weighted by Crippen LogP contribution is 2.48. The van der Waals surface area contributed by atoms with E-state index >= 15 is 0 Å². The normalized spacial score (nSPS) is 31.3. The van der Waals surface area contributed by atoms with Crippen LogP contribution in [0.25, 0.3) is 0 Å². The SMILES string of the molecule is CN(CCCCC(=N)N)CC1CC2CCC1C2. The van der Waals surface area contributed by atoms with Crippen molar-refractivity contribution >= 4 is 5.84 Å². The van der Waals surface area contributed by atoms with Gasteiger partial charge in [-0.15, -0.1) is 0 Å². The third-order valence-corrected chi connectivity index (χ3v) is 4.67. The second-order valence-corrected chi connectivity index (χ2v) is 6.18. The molecule has 17 heavy (non-hydrogen) atoms. The molecule has 2 fully saturated rings. The molecule has 0 radical (unpaired) electrons. The number of nitrogens with one attached hydrogen (secondary N) is 1. The Bertz CT molecular complexity index is 264. The summed E-state index contributed by atoms with van der Waals surface area (Å²) in [6.07, 6.45) is 9.01. The quantitative estimate of drug-likeness (QED) is 0.406. The van der Waals surface area contributed by atoms with Crippen LogP contribution in [0.15, 0.2) is 0 Å². The molecule has 2 saturated carbocycles. The lowest BCUT2D eigenvalue weighted by molar-refractivity contribution is 0.217. The number of nitrogens with two attached hydrogens (primary N) is 1. The lowest BCUT2D eigenvalue weighted by Gasteiger charge is -2.27. The number of rotatable bonds is 7. The average molecular weight is 237 g/mol. The minimum absolute atomic E-state index is 0.334. The summed E-state index contributed by atoms with van der Waals surface area (Å²) in [4.78, 5) is 2.49. The van der Waals surface area contributed by atoms with Crippen LogP contribution in [0.4, 0.5) is 0 Å². The van der Waals surface area contributed by atoms with Crippen LogP contribution in [-0.2, 0) is 0 Å². The van der Waals surface area contributed by atoms with Gasteiger partial charge in [0.25, 0.3) is 0 Å². The van der Waals surface area contributed by atoms with Crippen molar-refractivity contribution in [3.05, 3.63) is 0 Å². The Morgan fingerprint density at radius 2 is 2.12 bits per heavy atom. The maximum atomic E-state index is 7.18. The zero-order chi connectivity index (χ0) is 12.3. The van der Waals surface area contributed by atoms with Crippen molar-refractivity contribution in [3.63, 3.8) is 0 Å².